The normalized spacial score (nSPS) is 12.0. The highest BCUT2D eigenvalue weighted by atomic mass is 19.4. The number of carbonyl (C=O) groups is 1. The molecule has 0 aliphatic rings. The van der Waals surface area contributed by atoms with Crippen molar-refractivity contribution in [1.82, 2.24) is 19.6 Å². The Balaban J connectivity index is 1.87. The molecule has 0 radical (unpaired) electrons. The van der Waals surface area contributed by atoms with Gasteiger partial charge in [-0.2, -0.15) is 22.7 Å². The number of aryl methyl sites for hydroxylation is 1. The molecule has 136 valence electrons. The van der Waals surface area contributed by atoms with E-state index >= 15 is 0 Å². The van der Waals surface area contributed by atoms with Crippen LogP contribution in [0.15, 0.2) is 30.3 Å². The molecule has 0 aliphatic heterocycles. The molecule has 0 fully saturated rings. The fourth-order valence-corrected chi connectivity index (χ4v) is 2.20. The van der Waals surface area contributed by atoms with E-state index in [1.165, 1.54) is 6.92 Å². The zero-order valence-electron chi connectivity index (χ0n) is 13.1. The van der Waals surface area contributed by atoms with Gasteiger partial charge in [-0.15, -0.1) is 5.10 Å². The van der Waals surface area contributed by atoms with Crippen LogP contribution in [0.25, 0.3) is 5.78 Å². The highest BCUT2D eigenvalue weighted by Gasteiger charge is 2.30. The Bertz CT molecular complexity index is 965. The van der Waals surface area contributed by atoms with E-state index in [0.717, 1.165) is 34.8 Å². The van der Waals surface area contributed by atoms with E-state index in [-0.39, 0.29) is 17.2 Å². The van der Waals surface area contributed by atoms with Gasteiger partial charge in [0.25, 0.3) is 18.1 Å². The SMILES string of the molecule is Cc1cc(C(F)F)n2nc(C(=O)Nc3ccc(C(F)(F)F)cc3)nc2n1. The van der Waals surface area contributed by atoms with Crippen LogP contribution in [-0.2, 0) is 6.18 Å². The molecular formula is C15H10F5N5O. The predicted octanol–water partition coefficient (Wildman–Crippen LogP) is 3.64. The van der Waals surface area contributed by atoms with Crippen molar-refractivity contribution < 1.29 is 26.7 Å². The summed E-state index contributed by atoms with van der Waals surface area (Å²) < 4.78 is 64.4. The average molecular weight is 371 g/mol. The summed E-state index contributed by atoms with van der Waals surface area (Å²) in [5, 5.41) is 6.00. The molecule has 0 unspecified atom stereocenters. The molecule has 0 aliphatic carbocycles. The van der Waals surface area contributed by atoms with E-state index in [2.05, 4.69) is 20.4 Å². The fraction of sp³-hybridized carbons (Fsp3) is 0.200. The monoisotopic (exact) mass is 371 g/mol. The Morgan fingerprint density at radius 2 is 1.81 bits per heavy atom. The lowest BCUT2D eigenvalue weighted by molar-refractivity contribution is -0.137. The number of aromatic nitrogens is 4. The van der Waals surface area contributed by atoms with Gasteiger partial charge in [-0.3, -0.25) is 4.79 Å². The number of fused-ring (bicyclic) bond motifs is 1. The molecule has 0 atom stereocenters. The summed E-state index contributed by atoms with van der Waals surface area (Å²) in [4.78, 5) is 19.8. The standard InChI is InChI=1S/C15H10F5N5O/c1-7-6-10(11(16)17)25-14(21-7)23-12(24-25)13(26)22-9-4-2-8(3-5-9)15(18,19)20/h2-6,11H,1H3,(H,22,26). The van der Waals surface area contributed by atoms with Crippen molar-refractivity contribution in [2.24, 2.45) is 0 Å². The van der Waals surface area contributed by atoms with Gasteiger partial charge in [-0.1, -0.05) is 0 Å². The van der Waals surface area contributed by atoms with Gasteiger partial charge in [0.05, 0.1) is 5.56 Å². The number of nitrogens with zero attached hydrogens (tertiary/aromatic N) is 4. The highest BCUT2D eigenvalue weighted by Crippen LogP contribution is 2.29. The number of halogens is 5. The number of benzene rings is 1. The number of amides is 1. The third-order valence-electron chi connectivity index (χ3n) is 3.36. The van der Waals surface area contributed by atoms with Gasteiger partial charge < -0.3 is 5.32 Å². The van der Waals surface area contributed by atoms with Crippen LogP contribution in [0.1, 0.15) is 34.0 Å². The van der Waals surface area contributed by atoms with Crippen molar-refractivity contribution in [1.29, 1.82) is 0 Å². The van der Waals surface area contributed by atoms with Gasteiger partial charge >= 0.3 is 6.18 Å². The lowest BCUT2D eigenvalue weighted by Gasteiger charge is -2.07. The molecular weight excluding hydrogens is 361 g/mol. The van der Waals surface area contributed by atoms with Crippen molar-refractivity contribution in [3.63, 3.8) is 0 Å². The van der Waals surface area contributed by atoms with Crippen molar-refractivity contribution >= 4 is 17.4 Å². The average Bonchev–Trinajstić information content (AvgIpc) is 2.97. The number of carbonyl (C=O) groups excluding carboxylic acids is 1. The van der Waals surface area contributed by atoms with Crippen molar-refractivity contribution in [3.8, 4) is 0 Å². The quantitative estimate of drug-likeness (QED) is 0.714. The van der Waals surface area contributed by atoms with E-state index in [0.29, 0.717) is 0 Å². The fourth-order valence-electron chi connectivity index (χ4n) is 2.20. The molecule has 1 aromatic carbocycles. The minimum atomic E-state index is -4.50. The number of alkyl halides is 5. The molecule has 11 heteroatoms. The van der Waals surface area contributed by atoms with Crippen LogP contribution in [0, 0.1) is 6.92 Å². The molecule has 2 aromatic heterocycles. The van der Waals surface area contributed by atoms with Gasteiger partial charge in [-0.25, -0.2) is 13.8 Å². The number of hydrogen-bond acceptors (Lipinski definition) is 4. The van der Waals surface area contributed by atoms with Gasteiger partial charge in [0.1, 0.15) is 5.69 Å². The first-order chi connectivity index (χ1) is 12.1. The molecule has 2 heterocycles. The molecule has 0 spiro atoms. The zero-order valence-corrected chi connectivity index (χ0v) is 13.1. The van der Waals surface area contributed by atoms with E-state index in [1.807, 2.05) is 0 Å². The Labute approximate surface area is 142 Å². The first kappa shape index (κ1) is 17.7. The topological polar surface area (TPSA) is 72.2 Å². The second-order valence-electron chi connectivity index (χ2n) is 5.30. The van der Waals surface area contributed by atoms with Crippen LogP contribution in [0.3, 0.4) is 0 Å². The summed E-state index contributed by atoms with van der Waals surface area (Å²) in [5.41, 5.74) is -1.01. The van der Waals surface area contributed by atoms with Crippen LogP contribution in [-0.4, -0.2) is 25.5 Å². The van der Waals surface area contributed by atoms with E-state index < -0.39 is 35.6 Å². The molecule has 1 N–H and O–H groups in total. The third kappa shape index (κ3) is 3.46. The van der Waals surface area contributed by atoms with Crippen molar-refractivity contribution in [3.05, 3.63) is 53.1 Å². The first-order valence-electron chi connectivity index (χ1n) is 7.16. The molecule has 0 saturated carbocycles. The van der Waals surface area contributed by atoms with Crippen LogP contribution in [0.5, 0.6) is 0 Å². The van der Waals surface area contributed by atoms with Crippen molar-refractivity contribution in [2.45, 2.75) is 19.5 Å². The predicted molar refractivity (Wildman–Crippen MR) is 79.9 cm³/mol. The summed E-state index contributed by atoms with van der Waals surface area (Å²) in [6.45, 7) is 1.49. The highest BCUT2D eigenvalue weighted by molar-refractivity contribution is 6.01. The Morgan fingerprint density at radius 3 is 2.38 bits per heavy atom. The summed E-state index contributed by atoms with van der Waals surface area (Å²) >= 11 is 0. The Kier molecular flexibility index (Phi) is 4.30. The molecule has 3 rings (SSSR count). The van der Waals surface area contributed by atoms with Crippen LogP contribution >= 0.6 is 0 Å². The van der Waals surface area contributed by atoms with Gasteiger partial charge in [0, 0.05) is 11.4 Å². The van der Waals surface area contributed by atoms with Crippen LogP contribution in [0.4, 0.5) is 27.6 Å². The van der Waals surface area contributed by atoms with Crippen LogP contribution in [0.2, 0.25) is 0 Å². The Hall–Kier alpha value is -3.11. The summed E-state index contributed by atoms with van der Waals surface area (Å²) in [6.07, 6.45) is -7.35. The summed E-state index contributed by atoms with van der Waals surface area (Å²) in [6, 6.07) is 4.83. The summed E-state index contributed by atoms with van der Waals surface area (Å²) in [5.74, 6) is -1.49. The van der Waals surface area contributed by atoms with Crippen molar-refractivity contribution in [2.75, 3.05) is 5.32 Å². The number of nitrogens with one attached hydrogen (secondary N) is 1. The van der Waals surface area contributed by atoms with Gasteiger partial charge in [0.2, 0.25) is 5.82 Å². The van der Waals surface area contributed by atoms with E-state index in [4.69, 9.17) is 0 Å². The second kappa shape index (κ2) is 6.32. The number of anilines is 1. The zero-order chi connectivity index (χ0) is 19.1. The summed E-state index contributed by atoms with van der Waals surface area (Å²) in [7, 11) is 0. The first-order valence-corrected chi connectivity index (χ1v) is 7.16. The molecule has 3 aromatic rings. The maximum atomic E-state index is 13.1. The van der Waals surface area contributed by atoms with E-state index in [9.17, 15) is 26.7 Å². The maximum absolute atomic E-state index is 13.1. The van der Waals surface area contributed by atoms with Gasteiger partial charge in [0.15, 0.2) is 0 Å². The van der Waals surface area contributed by atoms with Crippen LogP contribution < -0.4 is 5.32 Å². The smallest absolute Gasteiger partial charge is 0.319 e. The van der Waals surface area contributed by atoms with Gasteiger partial charge in [-0.05, 0) is 37.3 Å². The maximum Gasteiger partial charge on any atom is 0.416 e. The molecule has 6 nitrogen and oxygen atoms in total. The largest absolute Gasteiger partial charge is 0.416 e. The number of rotatable bonds is 3. The Morgan fingerprint density at radius 1 is 1.15 bits per heavy atom. The van der Waals surface area contributed by atoms with E-state index in [1.54, 1.807) is 0 Å². The molecule has 0 bridgehead atoms. The minimum absolute atomic E-state index is 0.0695. The lowest BCUT2D eigenvalue weighted by atomic mass is 10.2. The second-order valence-corrected chi connectivity index (χ2v) is 5.30. The third-order valence-corrected chi connectivity index (χ3v) is 3.36. The lowest BCUT2D eigenvalue weighted by Crippen LogP contribution is -2.14. The molecule has 0 saturated heterocycles. The minimum Gasteiger partial charge on any atom is -0.319 e. The molecule has 26 heavy (non-hydrogen) atoms. The number of hydrogen-bond donors (Lipinski definition) is 1. The molecule has 1 amide bonds.